The first-order valence-electron chi connectivity index (χ1n) is 9.52. The van der Waals surface area contributed by atoms with Crippen molar-refractivity contribution >= 4 is 28.3 Å². The van der Waals surface area contributed by atoms with Gasteiger partial charge in [-0.2, -0.15) is 0 Å². The Bertz CT molecular complexity index is 1070. The summed E-state index contributed by atoms with van der Waals surface area (Å²) < 4.78 is 46.3. The van der Waals surface area contributed by atoms with Gasteiger partial charge in [0.2, 0.25) is 11.6 Å². The average molecular weight is 449 g/mol. The maximum Gasteiger partial charge on any atom is 0.222 e. The number of hydrogen-bond donors (Lipinski definition) is 1. The molecule has 2 aromatic rings. The summed E-state index contributed by atoms with van der Waals surface area (Å²) in [7, 11) is 3.03. The smallest absolute Gasteiger partial charge is 0.222 e. The zero-order valence-electron chi connectivity index (χ0n) is 17.4. The number of fused-ring (bicyclic) bond motifs is 1. The minimum atomic E-state index is -1.44. The van der Waals surface area contributed by atoms with Crippen LogP contribution in [0.25, 0.3) is 10.9 Å². The Labute approximate surface area is 182 Å². The first kappa shape index (κ1) is 23.1. The van der Waals surface area contributed by atoms with Gasteiger partial charge in [-0.05, 0) is 6.07 Å². The van der Waals surface area contributed by atoms with Gasteiger partial charge >= 0.3 is 0 Å². The van der Waals surface area contributed by atoms with E-state index in [4.69, 9.17) is 18.9 Å². The number of nitrogens with one attached hydrogen (secondary N) is 1. The highest BCUT2D eigenvalue weighted by Gasteiger charge is 2.25. The zero-order chi connectivity index (χ0) is 23.1. The van der Waals surface area contributed by atoms with E-state index >= 15 is 0 Å². The van der Waals surface area contributed by atoms with Crippen LogP contribution >= 0.6 is 0 Å². The fourth-order valence-corrected chi connectivity index (χ4v) is 2.81. The fraction of sp³-hybridized carbons (Fsp3) is 0.333. The van der Waals surface area contributed by atoms with Crippen molar-refractivity contribution in [3.8, 4) is 11.5 Å². The molecule has 9 nitrogen and oxygen atoms in total. The fourth-order valence-electron chi connectivity index (χ4n) is 2.81. The number of carbonyl (C=O) groups excluding carboxylic acids is 2. The van der Waals surface area contributed by atoms with Crippen molar-refractivity contribution in [2.45, 2.75) is 6.10 Å². The van der Waals surface area contributed by atoms with E-state index < -0.39 is 36.8 Å². The van der Waals surface area contributed by atoms with Gasteiger partial charge in [-0.1, -0.05) is 0 Å². The Morgan fingerprint density at radius 2 is 1.78 bits per heavy atom. The quantitative estimate of drug-likeness (QED) is 0.408. The summed E-state index contributed by atoms with van der Waals surface area (Å²) in [5, 5.41) is 3.31. The number of aromatic nitrogens is 2. The third-order valence-corrected chi connectivity index (χ3v) is 4.40. The van der Waals surface area contributed by atoms with Gasteiger partial charge in [0.25, 0.3) is 0 Å². The van der Waals surface area contributed by atoms with E-state index in [-0.39, 0.29) is 11.5 Å². The van der Waals surface area contributed by atoms with E-state index in [1.165, 1.54) is 13.4 Å². The van der Waals surface area contributed by atoms with Crippen LogP contribution in [0, 0.1) is 0 Å². The molecule has 0 amide bonds. The summed E-state index contributed by atoms with van der Waals surface area (Å²) in [6.07, 6.45) is 1.70. The van der Waals surface area contributed by atoms with Gasteiger partial charge in [0.15, 0.2) is 23.4 Å². The van der Waals surface area contributed by atoms with Crippen molar-refractivity contribution in [3.05, 3.63) is 42.1 Å². The molecule has 11 heteroatoms. The summed E-state index contributed by atoms with van der Waals surface area (Å²) in [5.41, 5.74) is 0.415. The van der Waals surface area contributed by atoms with Gasteiger partial charge < -0.3 is 24.3 Å². The molecule has 1 aliphatic rings. The number of ketones is 2. The third kappa shape index (κ3) is 5.17. The van der Waals surface area contributed by atoms with E-state index in [1.54, 1.807) is 19.2 Å². The molecule has 0 saturated heterocycles. The van der Waals surface area contributed by atoms with Gasteiger partial charge in [-0.25, -0.2) is 18.7 Å². The van der Waals surface area contributed by atoms with E-state index in [1.807, 2.05) is 0 Å². The van der Waals surface area contributed by atoms with E-state index in [0.29, 0.717) is 35.6 Å². The van der Waals surface area contributed by atoms with E-state index in [9.17, 15) is 18.4 Å². The molecule has 170 valence electrons. The Balaban J connectivity index is 1.86. The highest BCUT2D eigenvalue weighted by atomic mass is 19.1. The molecule has 0 radical (unpaired) electrons. The van der Waals surface area contributed by atoms with Gasteiger partial charge in [0, 0.05) is 30.7 Å². The molecule has 0 unspecified atom stereocenters. The Hall–Kier alpha value is -3.60. The Kier molecular flexibility index (Phi) is 7.66. The van der Waals surface area contributed by atoms with Crippen LogP contribution in [0.5, 0.6) is 11.5 Å². The predicted molar refractivity (Wildman–Crippen MR) is 110 cm³/mol. The number of anilines is 1. The molecule has 0 aliphatic heterocycles. The van der Waals surface area contributed by atoms with Gasteiger partial charge in [-0.3, -0.25) is 9.59 Å². The zero-order valence-corrected chi connectivity index (χ0v) is 17.4. The summed E-state index contributed by atoms with van der Waals surface area (Å²) in [6, 6.07) is 3.28. The number of allylic oxidation sites excluding steroid dienone is 2. The second-order valence-electron chi connectivity index (χ2n) is 6.55. The molecule has 0 fully saturated rings. The van der Waals surface area contributed by atoms with E-state index in [0.717, 1.165) is 12.2 Å². The number of alkyl halides is 2. The highest BCUT2D eigenvalue weighted by Crippen LogP contribution is 2.34. The van der Waals surface area contributed by atoms with Crippen molar-refractivity contribution < 1.29 is 37.3 Å². The monoisotopic (exact) mass is 449 g/mol. The highest BCUT2D eigenvalue weighted by molar-refractivity contribution is 6.20. The second kappa shape index (κ2) is 10.6. The third-order valence-electron chi connectivity index (χ3n) is 4.40. The Morgan fingerprint density at radius 1 is 1.00 bits per heavy atom. The SMILES string of the molecule is COCCOc1cc2ncnc(NC3=CC(=O)C(OC(CF)CF)=CC3=O)c2cc1OC. The minimum Gasteiger partial charge on any atom is -0.493 e. The van der Waals surface area contributed by atoms with Crippen molar-refractivity contribution in [3.63, 3.8) is 0 Å². The van der Waals surface area contributed by atoms with Crippen LogP contribution in [-0.2, 0) is 19.1 Å². The van der Waals surface area contributed by atoms with Crippen molar-refractivity contribution in [2.24, 2.45) is 0 Å². The molecule has 1 aromatic carbocycles. The number of benzene rings is 1. The van der Waals surface area contributed by atoms with Crippen LogP contribution in [0.2, 0.25) is 0 Å². The van der Waals surface area contributed by atoms with Gasteiger partial charge in [-0.15, -0.1) is 0 Å². The average Bonchev–Trinajstić information content (AvgIpc) is 2.80. The molecule has 0 atom stereocenters. The van der Waals surface area contributed by atoms with Crippen LogP contribution < -0.4 is 14.8 Å². The number of rotatable bonds is 11. The summed E-state index contributed by atoms with van der Waals surface area (Å²) in [5.74, 6) is -0.645. The van der Waals surface area contributed by atoms with Crippen LogP contribution in [-0.4, -0.2) is 68.4 Å². The standard InChI is InChI=1S/C21H21F2N3O6/c1-29-3-4-31-20-7-14-13(5-19(20)30-2)21(25-11-24-14)26-15-6-17(28)18(8-16(15)27)32-12(9-22)10-23/h5-8,11-12H,3-4,9-10H2,1-2H3,(H,24,25,26). The van der Waals surface area contributed by atoms with Gasteiger partial charge in [0.1, 0.15) is 32.1 Å². The molecule has 1 aliphatic carbocycles. The maximum absolute atomic E-state index is 12.7. The van der Waals surface area contributed by atoms with Crippen molar-refractivity contribution in [1.29, 1.82) is 0 Å². The Morgan fingerprint density at radius 3 is 2.47 bits per heavy atom. The topological polar surface area (TPSA) is 109 Å². The number of ether oxygens (including phenoxy) is 4. The molecular formula is C21H21F2N3O6. The first-order valence-corrected chi connectivity index (χ1v) is 9.52. The number of carbonyl (C=O) groups is 2. The van der Waals surface area contributed by atoms with E-state index in [2.05, 4.69) is 15.3 Å². The lowest BCUT2D eigenvalue weighted by molar-refractivity contribution is -0.118. The molecule has 1 aromatic heterocycles. The normalized spacial score (nSPS) is 13.8. The molecule has 1 heterocycles. The summed E-state index contributed by atoms with van der Waals surface area (Å²) in [6.45, 7) is -1.56. The van der Waals surface area contributed by atoms with Crippen molar-refractivity contribution in [1.82, 2.24) is 9.97 Å². The van der Waals surface area contributed by atoms with Crippen LogP contribution in [0.1, 0.15) is 0 Å². The lowest BCUT2D eigenvalue weighted by Crippen LogP contribution is -2.25. The first-order chi connectivity index (χ1) is 15.5. The largest absolute Gasteiger partial charge is 0.493 e. The maximum atomic E-state index is 12.7. The van der Waals surface area contributed by atoms with Crippen LogP contribution in [0.15, 0.2) is 42.1 Å². The summed E-state index contributed by atoms with van der Waals surface area (Å²) in [4.78, 5) is 33.0. The molecular weight excluding hydrogens is 428 g/mol. The number of nitrogens with zero attached hydrogens (tertiary/aromatic N) is 2. The van der Waals surface area contributed by atoms with Crippen LogP contribution in [0.4, 0.5) is 14.6 Å². The summed E-state index contributed by atoms with van der Waals surface area (Å²) >= 11 is 0. The molecule has 0 spiro atoms. The van der Waals surface area contributed by atoms with Crippen molar-refractivity contribution in [2.75, 3.05) is 46.1 Å². The number of halogens is 2. The molecule has 32 heavy (non-hydrogen) atoms. The molecule has 0 bridgehead atoms. The van der Waals surface area contributed by atoms with Gasteiger partial charge in [0.05, 0.1) is 24.9 Å². The molecule has 3 rings (SSSR count). The lowest BCUT2D eigenvalue weighted by Gasteiger charge is -2.18. The molecule has 1 N–H and O–H groups in total. The number of hydrogen-bond acceptors (Lipinski definition) is 9. The second-order valence-corrected chi connectivity index (χ2v) is 6.55. The molecule has 0 saturated carbocycles. The number of methoxy groups -OCH3 is 2. The lowest BCUT2D eigenvalue weighted by atomic mass is 10.1. The predicted octanol–water partition coefficient (Wildman–Crippen LogP) is 2.32. The van der Waals surface area contributed by atoms with Crippen LogP contribution in [0.3, 0.4) is 0 Å². The minimum absolute atomic E-state index is 0.0845.